The Bertz CT molecular complexity index is 674. The van der Waals surface area contributed by atoms with Gasteiger partial charge < -0.3 is 5.32 Å². The van der Waals surface area contributed by atoms with Crippen LogP contribution in [-0.2, 0) is 0 Å². The van der Waals surface area contributed by atoms with Crippen LogP contribution in [-0.4, -0.2) is 11.7 Å². The molecule has 1 N–H and O–H groups in total. The topological polar surface area (TPSA) is 29.1 Å². The molecule has 2 aromatic rings. The number of rotatable bonds is 2. The second kappa shape index (κ2) is 6.08. The zero-order chi connectivity index (χ0) is 14.8. The van der Waals surface area contributed by atoms with Crippen molar-refractivity contribution >= 4 is 29.3 Å². The summed E-state index contributed by atoms with van der Waals surface area (Å²) in [4.78, 5) is 13.4. The lowest BCUT2D eigenvalue weighted by atomic mass is 10.0. The molecule has 1 amide bonds. The van der Waals surface area contributed by atoms with Gasteiger partial charge in [0.15, 0.2) is 0 Å². The number of fused-ring (bicyclic) bond motifs is 1. The van der Waals surface area contributed by atoms with Crippen LogP contribution in [0.15, 0.2) is 47.4 Å². The van der Waals surface area contributed by atoms with E-state index in [-0.39, 0.29) is 17.8 Å². The third-order valence-corrected chi connectivity index (χ3v) is 4.78. The lowest BCUT2D eigenvalue weighted by Gasteiger charge is -2.26. The van der Waals surface area contributed by atoms with E-state index in [1.54, 1.807) is 11.8 Å². The molecule has 0 radical (unpaired) electrons. The lowest BCUT2D eigenvalue weighted by molar-refractivity contribution is 0.0935. The van der Waals surface area contributed by atoms with Gasteiger partial charge in [-0.1, -0.05) is 11.6 Å². The molecule has 5 heteroatoms. The summed E-state index contributed by atoms with van der Waals surface area (Å²) in [5.41, 5.74) is 1.51. The van der Waals surface area contributed by atoms with E-state index in [2.05, 4.69) is 5.32 Å². The maximum Gasteiger partial charge on any atom is 0.251 e. The third kappa shape index (κ3) is 3.22. The first-order valence-electron chi connectivity index (χ1n) is 6.62. The predicted molar refractivity (Wildman–Crippen MR) is 83.4 cm³/mol. The summed E-state index contributed by atoms with van der Waals surface area (Å²) >= 11 is 7.82. The Morgan fingerprint density at radius 2 is 2.00 bits per heavy atom. The van der Waals surface area contributed by atoms with E-state index >= 15 is 0 Å². The highest BCUT2D eigenvalue weighted by Gasteiger charge is 2.23. The quantitative estimate of drug-likeness (QED) is 0.885. The van der Waals surface area contributed by atoms with Gasteiger partial charge in [0.25, 0.3) is 5.91 Å². The fourth-order valence-electron chi connectivity index (χ4n) is 2.36. The zero-order valence-electron chi connectivity index (χ0n) is 11.1. The number of benzene rings is 2. The van der Waals surface area contributed by atoms with Crippen LogP contribution in [0.2, 0.25) is 5.02 Å². The van der Waals surface area contributed by atoms with E-state index in [1.807, 2.05) is 18.2 Å². The van der Waals surface area contributed by atoms with Crippen LogP contribution in [0.4, 0.5) is 4.39 Å². The van der Waals surface area contributed by atoms with Crippen molar-refractivity contribution in [2.24, 2.45) is 0 Å². The molecular formula is C16H13ClFNOS. The molecule has 0 bridgehead atoms. The minimum Gasteiger partial charge on any atom is -0.345 e. The summed E-state index contributed by atoms with van der Waals surface area (Å²) < 4.78 is 12.9. The predicted octanol–water partition coefficient (Wildman–Crippen LogP) is 4.45. The fourth-order valence-corrected chi connectivity index (χ4v) is 3.64. The number of nitrogens with one attached hydrogen (secondary N) is 1. The molecule has 0 saturated carbocycles. The molecule has 1 heterocycles. The Balaban J connectivity index is 1.81. The second-order valence-corrected chi connectivity index (χ2v) is 6.43. The summed E-state index contributed by atoms with van der Waals surface area (Å²) in [5, 5.41) is 3.67. The Morgan fingerprint density at radius 1 is 1.24 bits per heavy atom. The smallest absolute Gasteiger partial charge is 0.251 e. The molecule has 0 aromatic heterocycles. The molecule has 1 aliphatic heterocycles. The molecule has 108 valence electrons. The maximum atomic E-state index is 12.9. The van der Waals surface area contributed by atoms with Gasteiger partial charge in [-0.15, -0.1) is 11.8 Å². The van der Waals surface area contributed by atoms with E-state index in [0.29, 0.717) is 10.6 Å². The summed E-state index contributed by atoms with van der Waals surface area (Å²) in [6.45, 7) is 0. The molecule has 2 nitrogen and oxygen atoms in total. The summed E-state index contributed by atoms with van der Waals surface area (Å²) in [5.74, 6) is 0.402. The summed E-state index contributed by atoms with van der Waals surface area (Å²) in [6.07, 6.45) is 0.852. The number of hydrogen-bond acceptors (Lipinski definition) is 2. The second-order valence-electron chi connectivity index (χ2n) is 4.85. The summed E-state index contributed by atoms with van der Waals surface area (Å²) in [7, 11) is 0. The molecule has 0 fully saturated rings. The monoisotopic (exact) mass is 321 g/mol. The molecule has 1 aliphatic rings. The third-order valence-electron chi connectivity index (χ3n) is 3.42. The molecule has 0 saturated heterocycles. The van der Waals surface area contributed by atoms with Gasteiger partial charge in [-0.05, 0) is 54.4 Å². The number of hydrogen-bond donors (Lipinski definition) is 1. The van der Waals surface area contributed by atoms with Crippen molar-refractivity contribution in [3.8, 4) is 0 Å². The van der Waals surface area contributed by atoms with Gasteiger partial charge in [0.05, 0.1) is 6.04 Å². The highest BCUT2D eigenvalue weighted by Crippen LogP contribution is 2.37. The first-order chi connectivity index (χ1) is 10.1. The van der Waals surface area contributed by atoms with Crippen molar-refractivity contribution in [3.05, 3.63) is 64.4 Å². The molecule has 0 spiro atoms. The van der Waals surface area contributed by atoms with Gasteiger partial charge in [-0.25, -0.2) is 4.39 Å². The van der Waals surface area contributed by atoms with Crippen LogP contribution in [0, 0.1) is 5.82 Å². The van der Waals surface area contributed by atoms with Gasteiger partial charge in [-0.3, -0.25) is 4.79 Å². The van der Waals surface area contributed by atoms with Crippen LogP contribution in [0.5, 0.6) is 0 Å². The Morgan fingerprint density at radius 3 is 2.76 bits per heavy atom. The van der Waals surface area contributed by atoms with Gasteiger partial charge >= 0.3 is 0 Å². The first-order valence-corrected chi connectivity index (χ1v) is 7.98. The average Bonchev–Trinajstić information content (AvgIpc) is 2.48. The molecule has 1 atom stereocenters. The minimum atomic E-state index is -0.349. The lowest BCUT2D eigenvalue weighted by Crippen LogP contribution is -2.30. The van der Waals surface area contributed by atoms with Crippen LogP contribution < -0.4 is 5.32 Å². The van der Waals surface area contributed by atoms with Crippen molar-refractivity contribution < 1.29 is 9.18 Å². The van der Waals surface area contributed by atoms with Gasteiger partial charge in [0.1, 0.15) is 5.82 Å². The van der Waals surface area contributed by atoms with Gasteiger partial charge in [0.2, 0.25) is 0 Å². The molecule has 2 aromatic carbocycles. The van der Waals surface area contributed by atoms with Crippen molar-refractivity contribution in [2.75, 3.05) is 5.75 Å². The number of carbonyl (C=O) groups excluding carboxylic acids is 1. The van der Waals surface area contributed by atoms with Crippen molar-refractivity contribution in [1.82, 2.24) is 5.32 Å². The van der Waals surface area contributed by atoms with E-state index < -0.39 is 0 Å². The normalized spacial score (nSPS) is 17.1. The van der Waals surface area contributed by atoms with E-state index in [4.69, 9.17) is 11.6 Å². The average molecular weight is 322 g/mol. The highest BCUT2D eigenvalue weighted by atomic mass is 35.5. The van der Waals surface area contributed by atoms with Crippen LogP contribution in [0.1, 0.15) is 28.4 Å². The van der Waals surface area contributed by atoms with Crippen molar-refractivity contribution in [3.63, 3.8) is 0 Å². The molecule has 3 rings (SSSR count). The number of amides is 1. The van der Waals surface area contributed by atoms with Gasteiger partial charge in [0, 0.05) is 21.2 Å². The standard InChI is InChI=1S/C16H13ClFNOS/c17-11-3-6-15-13(9-11)14(7-8-21-15)19-16(20)10-1-4-12(18)5-2-10/h1-6,9,14H,7-8H2,(H,19,20)/t14-/m0/s1. The summed E-state index contributed by atoms with van der Waals surface area (Å²) in [6, 6.07) is 11.2. The van der Waals surface area contributed by atoms with Crippen LogP contribution >= 0.6 is 23.4 Å². The molecule has 0 unspecified atom stereocenters. The van der Waals surface area contributed by atoms with Crippen LogP contribution in [0.3, 0.4) is 0 Å². The Labute approximate surface area is 131 Å². The number of thioether (sulfide) groups is 1. The highest BCUT2D eigenvalue weighted by molar-refractivity contribution is 7.99. The number of halogens is 2. The molecule has 0 aliphatic carbocycles. The van der Waals surface area contributed by atoms with Crippen molar-refractivity contribution in [2.45, 2.75) is 17.4 Å². The zero-order valence-corrected chi connectivity index (χ0v) is 12.7. The van der Waals surface area contributed by atoms with Crippen LogP contribution in [0.25, 0.3) is 0 Å². The Hall–Kier alpha value is -1.52. The van der Waals surface area contributed by atoms with Crippen molar-refractivity contribution in [1.29, 1.82) is 0 Å². The maximum absolute atomic E-state index is 12.9. The fraction of sp³-hybridized carbons (Fsp3) is 0.188. The molecule has 21 heavy (non-hydrogen) atoms. The Kier molecular flexibility index (Phi) is 4.17. The minimum absolute atomic E-state index is 0.0579. The SMILES string of the molecule is O=C(N[C@H]1CCSc2ccc(Cl)cc21)c1ccc(F)cc1. The number of carbonyl (C=O) groups is 1. The molecular weight excluding hydrogens is 309 g/mol. The largest absolute Gasteiger partial charge is 0.345 e. The van der Waals surface area contributed by atoms with E-state index in [1.165, 1.54) is 24.3 Å². The van der Waals surface area contributed by atoms with E-state index in [0.717, 1.165) is 22.6 Å². The first kappa shape index (κ1) is 14.4. The van der Waals surface area contributed by atoms with E-state index in [9.17, 15) is 9.18 Å². The van der Waals surface area contributed by atoms with Gasteiger partial charge in [-0.2, -0.15) is 0 Å².